The summed E-state index contributed by atoms with van der Waals surface area (Å²) in [7, 11) is 0. The minimum atomic E-state index is -1.79. The van der Waals surface area contributed by atoms with Gasteiger partial charge in [0.05, 0.1) is 0 Å². The summed E-state index contributed by atoms with van der Waals surface area (Å²) in [4.78, 5) is 253. The zero-order chi connectivity index (χ0) is 58.1. The fraction of sp³-hybridized carbons (Fsp3) is 0.682. The van der Waals surface area contributed by atoms with Crippen molar-refractivity contribution in [1.29, 1.82) is 0 Å². The summed E-state index contributed by atoms with van der Waals surface area (Å²) < 4.78 is 0. The molecular formula is C44H46N28O14. The molecule has 0 unspecified atom stereocenters. The average molecular weight is 1190 g/mol. The first-order valence-electron chi connectivity index (χ1n) is 28.3. The van der Waals surface area contributed by atoms with E-state index < -0.39 is 263 Å². The molecule has 21 aliphatic heterocycles. The van der Waals surface area contributed by atoms with E-state index in [0.717, 1.165) is 0 Å². The monoisotopic (exact) mass is 1190 g/mol. The Hall–Kier alpha value is -10.2. The molecule has 0 bridgehead atoms. The third-order valence-electron chi connectivity index (χ3n) is 23.3. The van der Waals surface area contributed by atoms with E-state index in [4.69, 9.17) is 0 Å². The van der Waals surface area contributed by atoms with Crippen molar-refractivity contribution in [1.82, 2.24) is 137 Å². The topological polar surface area (TPSA) is 330 Å². The van der Waals surface area contributed by atoms with Gasteiger partial charge in [0.1, 0.15) is 93.4 Å². The van der Waals surface area contributed by atoms with E-state index >= 15 is 67.1 Å². The normalized spacial score (nSPS) is 41.4. The molecule has 0 atom stereocenters. The van der Waals surface area contributed by atoms with E-state index in [1.54, 1.807) is 13.8 Å². The van der Waals surface area contributed by atoms with Gasteiger partial charge in [0, 0.05) is 0 Å². The van der Waals surface area contributed by atoms with Gasteiger partial charge in [-0.05, 0) is 13.8 Å². The van der Waals surface area contributed by atoms with Gasteiger partial charge in [-0.1, -0.05) is 0 Å². The van der Waals surface area contributed by atoms with Crippen LogP contribution in [0.2, 0.25) is 0 Å². The fourth-order valence-electron chi connectivity index (χ4n) is 19.4. The lowest BCUT2D eigenvalue weighted by atomic mass is 9.95. The molecule has 21 aliphatic rings. The summed E-state index contributed by atoms with van der Waals surface area (Å²) in [5, 5.41) is 0. The average Bonchev–Trinajstić information content (AvgIpc) is 1.50. The lowest BCUT2D eigenvalue weighted by Crippen LogP contribution is -2.71. The third kappa shape index (κ3) is 4.05. The van der Waals surface area contributed by atoms with E-state index in [1.807, 2.05) is 0 Å². The summed E-state index contributed by atoms with van der Waals surface area (Å²) in [5.41, 5.74) is -3.58. The molecule has 0 aromatic heterocycles. The van der Waals surface area contributed by atoms with Gasteiger partial charge in [0.2, 0.25) is 0 Å². The zero-order valence-electron chi connectivity index (χ0n) is 45.1. The van der Waals surface area contributed by atoms with Crippen molar-refractivity contribution in [2.24, 2.45) is 0 Å². The molecule has 446 valence electrons. The molecule has 0 aliphatic carbocycles. The van der Waals surface area contributed by atoms with Crippen molar-refractivity contribution in [2.45, 2.75) is 99.2 Å². The first-order chi connectivity index (χ1) is 41.3. The maximum absolute atomic E-state index is 15.7. The van der Waals surface area contributed by atoms with Crippen LogP contribution in [0.15, 0.2) is 0 Å². The molecule has 28 amide bonds. The molecular weight excluding hydrogens is 1140 g/mol. The van der Waals surface area contributed by atoms with Crippen molar-refractivity contribution in [3.05, 3.63) is 0 Å². The van der Waals surface area contributed by atoms with Crippen LogP contribution in [0.25, 0.3) is 0 Å². The molecule has 0 saturated carbocycles. The van der Waals surface area contributed by atoms with Crippen LogP contribution < -0.4 is 0 Å². The van der Waals surface area contributed by atoms with Crippen molar-refractivity contribution in [3.8, 4) is 0 Å². The van der Waals surface area contributed by atoms with Gasteiger partial charge in [-0.2, -0.15) is 0 Å². The quantitative estimate of drug-likeness (QED) is 0.218. The van der Waals surface area contributed by atoms with Crippen LogP contribution in [0.1, 0.15) is 13.8 Å². The summed E-state index contributed by atoms with van der Waals surface area (Å²) in [6.45, 7) is -4.11. The van der Waals surface area contributed by atoms with Crippen LogP contribution >= 0.6 is 0 Å². The lowest BCUT2D eigenvalue weighted by molar-refractivity contribution is -0.107. The van der Waals surface area contributed by atoms with Crippen LogP contribution in [0.4, 0.5) is 67.1 Å². The maximum atomic E-state index is 15.7. The largest absolute Gasteiger partial charge is 0.326 e. The van der Waals surface area contributed by atoms with Crippen LogP contribution in [-0.4, -0.2) is 400 Å². The predicted molar refractivity (Wildman–Crippen MR) is 257 cm³/mol. The molecule has 21 rings (SSSR count). The Bertz CT molecular complexity index is 3240. The summed E-state index contributed by atoms with van der Waals surface area (Å²) >= 11 is 0. The maximum Gasteiger partial charge on any atom is 0.326 e. The molecule has 42 nitrogen and oxygen atoms in total. The summed E-state index contributed by atoms with van der Waals surface area (Å²) in [6, 6.07) is -10.1. The highest BCUT2D eigenvalue weighted by molar-refractivity contribution is 5.96. The Labute approximate surface area is 480 Å². The molecule has 21 saturated heterocycles. The van der Waals surface area contributed by atoms with E-state index in [2.05, 4.69) is 0 Å². The molecule has 0 aromatic rings. The zero-order valence-corrected chi connectivity index (χ0v) is 45.1. The SMILES string of the molecule is CC12N3CN4C(=O)N5CN6C(=O)N7CN8C(=O)N9CN%10C(=O)N%11CN%12C(=O)N%13CN%14C(=O)N%15CN(C3=O)C1(C)N1CN3C(=O)N(CN%16C(=O)N(CN%17C(=O)N(CN%18C(=O)N(CN%19C(=O)N(CN%20C(=O)N(CN2C1=O)C4C5%20)C6C7%19)C8C9%18)C%10C%11%17)C%12C%13%16)C%14C%153. The van der Waals surface area contributed by atoms with Crippen molar-refractivity contribution in [2.75, 3.05) is 93.4 Å². The van der Waals surface area contributed by atoms with Gasteiger partial charge in [-0.25, -0.2) is 67.1 Å². The first kappa shape index (κ1) is 45.2. The Kier molecular flexibility index (Phi) is 6.78. The molecule has 86 heavy (non-hydrogen) atoms. The number of carbonyl (C=O) groups excluding carboxylic acids is 14. The van der Waals surface area contributed by atoms with Crippen molar-refractivity contribution >= 4 is 84.4 Å². The van der Waals surface area contributed by atoms with Gasteiger partial charge in [-0.15, -0.1) is 0 Å². The number of nitrogens with zero attached hydrogens (tertiary/aromatic N) is 28. The van der Waals surface area contributed by atoms with Crippen molar-refractivity contribution in [3.63, 3.8) is 0 Å². The smallest absolute Gasteiger partial charge is 0.282 e. The van der Waals surface area contributed by atoms with E-state index in [1.165, 1.54) is 137 Å². The highest BCUT2D eigenvalue weighted by atomic mass is 16.3. The van der Waals surface area contributed by atoms with Gasteiger partial charge >= 0.3 is 84.4 Å². The second-order valence-electron chi connectivity index (χ2n) is 25.9. The fourth-order valence-corrected chi connectivity index (χ4v) is 19.4. The number of hydrogen-bond donors (Lipinski definition) is 0. The summed E-state index contributed by atoms with van der Waals surface area (Å²) in [6.07, 6.45) is -14.9. The molecule has 0 aromatic carbocycles. The highest BCUT2D eigenvalue weighted by Crippen LogP contribution is 2.57. The number of carbonyl (C=O) groups is 14. The van der Waals surface area contributed by atoms with E-state index in [9.17, 15) is 0 Å². The first-order valence-corrected chi connectivity index (χ1v) is 28.3. The van der Waals surface area contributed by atoms with E-state index in [-0.39, 0.29) is 0 Å². The minimum absolute atomic E-state index is 0.510. The van der Waals surface area contributed by atoms with Crippen LogP contribution in [0.3, 0.4) is 0 Å². The Morgan fingerprint density at radius 1 is 0.174 bits per heavy atom. The highest BCUT2D eigenvalue weighted by Gasteiger charge is 2.81. The number of rotatable bonds is 0. The second-order valence-corrected chi connectivity index (χ2v) is 25.9. The number of amides is 28. The molecule has 42 heteroatoms. The van der Waals surface area contributed by atoms with Gasteiger partial charge in [0.25, 0.3) is 0 Å². The van der Waals surface area contributed by atoms with Crippen LogP contribution in [0, 0.1) is 0 Å². The minimum Gasteiger partial charge on any atom is -0.282 e. The summed E-state index contributed by atoms with van der Waals surface area (Å²) in [5.74, 6) is 0. The van der Waals surface area contributed by atoms with Crippen LogP contribution in [0.5, 0.6) is 0 Å². The number of hydrogen-bond acceptors (Lipinski definition) is 14. The van der Waals surface area contributed by atoms with Crippen LogP contribution in [-0.2, 0) is 0 Å². The molecule has 0 spiro atoms. The molecule has 21 fully saturated rings. The Morgan fingerprint density at radius 3 is 0.372 bits per heavy atom. The van der Waals surface area contributed by atoms with E-state index in [0.29, 0.717) is 0 Å². The predicted octanol–water partition coefficient (Wildman–Crippen LogP) is -5.83. The molecule has 0 N–H and O–H groups in total. The second kappa shape index (κ2) is 12.9. The lowest BCUT2D eigenvalue weighted by Gasteiger charge is -2.50. The third-order valence-corrected chi connectivity index (χ3v) is 23.3. The van der Waals surface area contributed by atoms with Gasteiger partial charge in [-0.3, -0.25) is 137 Å². The number of urea groups is 14. The standard InChI is InChI=1S/C44H46N28O14/c1-43-44(2)71-15-67-28-26-63(39(67)83)11-59-24-22-55(35(59)79)7-51-20-18-47(31(51)75)3-45-17-19-49(29(45)73)5-53-21-23-57(33(53)77)9-61-25-27(65(37(61)81)13-69(43)41(71)85)66-14-70(43)42(86)72(44)16-68(28)40(84)64(26)12-60(24)36(80)56(22)8-52(20)32(76)48(18)4-46(17)30(74)50(19)6-54(21)34(78)58(23)10-62(25)38(66)82/h17-28H,3-16H2,1-2H3. The Balaban J connectivity index is 0.746. The van der Waals surface area contributed by atoms with Gasteiger partial charge in [0.15, 0.2) is 85.3 Å². The Morgan fingerprint density at radius 2 is 0.267 bits per heavy atom. The molecule has 21 heterocycles. The van der Waals surface area contributed by atoms with Gasteiger partial charge < -0.3 is 0 Å². The molecule has 0 radical (unpaired) electrons. The van der Waals surface area contributed by atoms with Crippen molar-refractivity contribution < 1.29 is 67.1 Å².